The minimum Gasteiger partial charge on any atom is -0.494 e. The molecule has 1 heterocycles. The molecule has 0 amide bonds. The Morgan fingerprint density at radius 1 is 1.48 bits per heavy atom. The molecule has 114 valence electrons. The molecule has 1 aromatic heterocycles. The maximum absolute atomic E-state index is 13.5. The van der Waals surface area contributed by atoms with Crippen molar-refractivity contribution in [1.82, 2.24) is 15.1 Å². The second kappa shape index (κ2) is 6.58. The third-order valence-electron chi connectivity index (χ3n) is 3.59. The van der Waals surface area contributed by atoms with Gasteiger partial charge in [-0.2, -0.15) is 5.10 Å². The van der Waals surface area contributed by atoms with Crippen LogP contribution in [-0.2, 0) is 13.5 Å². The number of likely N-dealkylation sites (N-methyl/N-ethyl adjacent to an activating group) is 1. The molecule has 1 unspecified atom stereocenters. The number of hydrogen-bond donors (Lipinski definition) is 1. The van der Waals surface area contributed by atoms with Gasteiger partial charge in [-0.1, -0.05) is 6.07 Å². The lowest BCUT2D eigenvalue weighted by Crippen LogP contribution is -2.20. The molecule has 0 aliphatic rings. The summed E-state index contributed by atoms with van der Waals surface area (Å²) in [4.78, 5) is 0. The number of nitrogens with zero attached hydrogens (tertiary/aromatic N) is 2. The smallest absolute Gasteiger partial charge is 0.165 e. The van der Waals surface area contributed by atoms with Crippen LogP contribution in [0.4, 0.5) is 4.39 Å². The molecular formula is C15H19BrFN3O. The Hall–Kier alpha value is -1.40. The molecule has 0 radical (unpaired) electrons. The molecule has 1 N–H and O–H groups in total. The van der Waals surface area contributed by atoms with Gasteiger partial charge in [0.2, 0.25) is 0 Å². The summed E-state index contributed by atoms with van der Waals surface area (Å²) in [6.07, 6.45) is 0.739. The van der Waals surface area contributed by atoms with Gasteiger partial charge in [-0.3, -0.25) is 4.68 Å². The number of aromatic nitrogens is 2. The van der Waals surface area contributed by atoms with Gasteiger partial charge >= 0.3 is 0 Å². The lowest BCUT2D eigenvalue weighted by molar-refractivity contribution is 0.385. The Morgan fingerprint density at radius 2 is 2.19 bits per heavy atom. The molecule has 0 spiro atoms. The van der Waals surface area contributed by atoms with Gasteiger partial charge in [0.05, 0.1) is 23.0 Å². The molecule has 0 saturated heterocycles. The van der Waals surface area contributed by atoms with Crippen LogP contribution >= 0.6 is 15.9 Å². The van der Waals surface area contributed by atoms with E-state index in [1.54, 1.807) is 12.1 Å². The molecular weight excluding hydrogens is 337 g/mol. The minimum atomic E-state index is -0.353. The average molecular weight is 356 g/mol. The first-order valence-electron chi connectivity index (χ1n) is 6.66. The molecule has 4 nitrogen and oxygen atoms in total. The first kappa shape index (κ1) is 16.0. The second-order valence-electron chi connectivity index (χ2n) is 4.91. The Balaban J connectivity index is 2.32. The molecule has 1 atom stereocenters. The van der Waals surface area contributed by atoms with Gasteiger partial charge in [0.15, 0.2) is 11.6 Å². The number of hydrogen-bond acceptors (Lipinski definition) is 3. The first-order chi connectivity index (χ1) is 9.97. The number of rotatable bonds is 5. The monoisotopic (exact) mass is 355 g/mol. The average Bonchev–Trinajstić information content (AvgIpc) is 2.71. The van der Waals surface area contributed by atoms with Crippen molar-refractivity contribution in [2.75, 3.05) is 14.2 Å². The predicted octanol–water partition coefficient (Wildman–Crippen LogP) is 3.14. The lowest BCUT2D eigenvalue weighted by Gasteiger charge is -2.18. The van der Waals surface area contributed by atoms with Gasteiger partial charge in [0, 0.05) is 19.5 Å². The van der Waals surface area contributed by atoms with E-state index < -0.39 is 0 Å². The number of methoxy groups -OCH3 is 1. The zero-order chi connectivity index (χ0) is 15.6. The fourth-order valence-corrected chi connectivity index (χ4v) is 2.87. The lowest BCUT2D eigenvalue weighted by atomic mass is 10.0. The van der Waals surface area contributed by atoms with Crippen LogP contribution in [0.25, 0.3) is 0 Å². The van der Waals surface area contributed by atoms with E-state index in [1.807, 2.05) is 25.7 Å². The van der Waals surface area contributed by atoms with Crippen molar-refractivity contribution in [2.45, 2.75) is 19.4 Å². The molecule has 2 aromatic rings. The van der Waals surface area contributed by atoms with E-state index in [0.717, 1.165) is 27.8 Å². The molecule has 0 aliphatic heterocycles. The molecule has 0 aliphatic carbocycles. The molecule has 6 heteroatoms. The number of aryl methyl sites for hydroxylation is 2. The van der Waals surface area contributed by atoms with Crippen LogP contribution in [0.15, 0.2) is 22.7 Å². The van der Waals surface area contributed by atoms with E-state index in [-0.39, 0.29) is 17.6 Å². The highest BCUT2D eigenvalue weighted by molar-refractivity contribution is 9.10. The molecule has 2 rings (SSSR count). The summed E-state index contributed by atoms with van der Waals surface area (Å²) in [6, 6.07) is 4.98. The van der Waals surface area contributed by atoms with Crippen molar-refractivity contribution in [1.29, 1.82) is 0 Å². The zero-order valence-electron chi connectivity index (χ0n) is 12.6. The molecule has 0 bridgehead atoms. The zero-order valence-corrected chi connectivity index (χ0v) is 14.2. The fraction of sp³-hybridized carbons (Fsp3) is 0.400. The van der Waals surface area contributed by atoms with Crippen LogP contribution in [0.2, 0.25) is 0 Å². The van der Waals surface area contributed by atoms with Gasteiger partial charge in [-0.25, -0.2) is 4.39 Å². The third-order valence-corrected chi connectivity index (χ3v) is 4.62. The molecule has 21 heavy (non-hydrogen) atoms. The van der Waals surface area contributed by atoms with Gasteiger partial charge in [0.25, 0.3) is 0 Å². The quantitative estimate of drug-likeness (QED) is 0.895. The molecule has 0 saturated carbocycles. The summed E-state index contributed by atoms with van der Waals surface area (Å²) in [5.74, 6) is -0.0957. The largest absolute Gasteiger partial charge is 0.494 e. The van der Waals surface area contributed by atoms with Crippen molar-refractivity contribution in [2.24, 2.45) is 7.05 Å². The summed E-state index contributed by atoms with van der Waals surface area (Å²) >= 11 is 3.58. The number of benzene rings is 1. The Kier molecular flexibility index (Phi) is 5.00. The second-order valence-corrected chi connectivity index (χ2v) is 5.70. The first-order valence-corrected chi connectivity index (χ1v) is 7.45. The standard InChI is InChI=1S/C15H19BrFN3O/c1-9-15(16)13(20(3)19-9)8-12(18-2)10-5-6-11(17)14(7-10)21-4/h5-7,12,18H,8H2,1-4H3. The highest BCUT2D eigenvalue weighted by atomic mass is 79.9. The van der Waals surface area contributed by atoms with Gasteiger partial charge in [-0.05, 0) is 47.6 Å². The van der Waals surface area contributed by atoms with Crippen molar-refractivity contribution < 1.29 is 9.13 Å². The summed E-state index contributed by atoms with van der Waals surface area (Å²) in [7, 11) is 5.28. The highest BCUT2D eigenvalue weighted by Gasteiger charge is 2.18. The van der Waals surface area contributed by atoms with Crippen molar-refractivity contribution in [3.63, 3.8) is 0 Å². The van der Waals surface area contributed by atoms with E-state index in [0.29, 0.717) is 0 Å². The van der Waals surface area contributed by atoms with Crippen LogP contribution in [0.3, 0.4) is 0 Å². The molecule has 1 aromatic carbocycles. The number of nitrogens with one attached hydrogen (secondary N) is 1. The maximum Gasteiger partial charge on any atom is 0.165 e. The topological polar surface area (TPSA) is 39.1 Å². The van der Waals surface area contributed by atoms with Crippen LogP contribution in [0, 0.1) is 12.7 Å². The van der Waals surface area contributed by atoms with Crippen LogP contribution in [-0.4, -0.2) is 23.9 Å². The van der Waals surface area contributed by atoms with E-state index >= 15 is 0 Å². The third kappa shape index (κ3) is 3.27. The Bertz CT molecular complexity index is 642. The van der Waals surface area contributed by atoms with Crippen LogP contribution in [0.1, 0.15) is 23.0 Å². The van der Waals surface area contributed by atoms with E-state index in [4.69, 9.17) is 4.74 Å². The fourth-order valence-electron chi connectivity index (χ4n) is 2.37. The normalized spacial score (nSPS) is 12.5. The number of halogens is 2. The Morgan fingerprint density at radius 3 is 2.71 bits per heavy atom. The summed E-state index contributed by atoms with van der Waals surface area (Å²) in [6.45, 7) is 1.96. The summed E-state index contributed by atoms with van der Waals surface area (Å²) in [5.41, 5.74) is 3.02. The number of ether oxygens (including phenoxy) is 1. The van der Waals surface area contributed by atoms with E-state index in [1.165, 1.54) is 13.2 Å². The van der Waals surface area contributed by atoms with Crippen LogP contribution in [0.5, 0.6) is 5.75 Å². The van der Waals surface area contributed by atoms with Crippen LogP contribution < -0.4 is 10.1 Å². The van der Waals surface area contributed by atoms with E-state index in [9.17, 15) is 4.39 Å². The summed E-state index contributed by atoms with van der Waals surface area (Å²) in [5, 5.41) is 7.66. The highest BCUT2D eigenvalue weighted by Crippen LogP contribution is 2.28. The SMILES string of the molecule is CNC(Cc1c(Br)c(C)nn1C)c1ccc(F)c(OC)c1. The van der Waals surface area contributed by atoms with Gasteiger partial charge in [0.1, 0.15) is 0 Å². The van der Waals surface area contributed by atoms with E-state index in [2.05, 4.69) is 26.3 Å². The minimum absolute atomic E-state index is 0.0469. The predicted molar refractivity (Wildman–Crippen MR) is 84.1 cm³/mol. The molecule has 0 fully saturated rings. The van der Waals surface area contributed by atoms with Crippen molar-refractivity contribution >= 4 is 15.9 Å². The summed E-state index contributed by atoms with van der Waals surface area (Å²) < 4.78 is 21.5. The Labute approximate surface area is 132 Å². The van der Waals surface area contributed by atoms with Crippen molar-refractivity contribution in [3.05, 3.63) is 45.4 Å². The van der Waals surface area contributed by atoms with Gasteiger partial charge in [-0.15, -0.1) is 0 Å². The van der Waals surface area contributed by atoms with Crippen molar-refractivity contribution in [3.8, 4) is 5.75 Å². The van der Waals surface area contributed by atoms with Gasteiger partial charge < -0.3 is 10.1 Å². The maximum atomic E-state index is 13.5.